The van der Waals surface area contributed by atoms with Crippen molar-refractivity contribution in [3.05, 3.63) is 40.9 Å². The van der Waals surface area contributed by atoms with Crippen molar-refractivity contribution in [3.8, 4) is 5.75 Å². The molecule has 2 aromatic carbocycles. The number of alkyl carbamates (subject to hydrolysis) is 1. The highest BCUT2D eigenvalue weighted by atomic mass is 79.9. The fourth-order valence-electron chi connectivity index (χ4n) is 2.03. The summed E-state index contributed by atoms with van der Waals surface area (Å²) in [5, 5.41) is 4.84. The summed E-state index contributed by atoms with van der Waals surface area (Å²) in [4.78, 5) is 10.9. The van der Waals surface area contributed by atoms with E-state index in [4.69, 9.17) is 9.47 Å². The van der Waals surface area contributed by atoms with E-state index in [-0.39, 0.29) is 12.2 Å². The number of cyclic esters (lactones) is 1. The van der Waals surface area contributed by atoms with Crippen molar-refractivity contribution in [3.63, 3.8) is 0 Å². The Morgan fingerprint density at radius 1 is 1.32 bits per heavy atom. The van der Waals surface area contributed by atoms with Gasteiger partial charge in [0.15, 0.2) is 6.10 Å². The van der Waals surface area contributed by atoms with E-state index in [1.54, 1.807) is 0 Å². The number of hydrogen-bond acceptors (Lipinski definition) is 3. The van der Waals surface area contributed by atoms with Gasteiger partial charge >= 0.3 is 6.09 Å². The number of carbonyl (C=O) groups excluding carboxylic acids is 1. The van der Waals surface area contributed by atoms with Crippen molar-refractivity contribution in [2.45, 2.75) is 6.10 Å². The van der Waals surface area contributed by atoms with Crippen LogP contribution in [0.4, 0.5) is 4.79 Å². The molecule has 98 valence electrons. The maximum absolute atomic E-state index is 10.9. The van der Waals surface area contributed by atoms with Crippen LogP contribution in [0.15, 0.2) is 40.9 Å². The van der Waals surface area contributed by atoms with Crippen molar-refractivity contribution in [2.24, 2.45) is 0 Å². The summed E-state index contributed by atoms with van der Waals surface area (Å²) in [6.45, 7) is 0.833. The lowest BCUT2D eigenvalue weighted by molar-refractivity contribution is 0.104. The Labute approximate surface area is 118 Å². The van der Waals surface area contributed by atoms with Gasteiger partial charge < -0.3 is 14.8 Å². The summed E-state index contributed by atoms with van der Waals surface area (Å²) >= 11 is 3.55. The summed E-state index contributed by atoms with van der Waals surface area (Å²) in [6.07, 6.45) is -0.614. The van der Waals surface area contributed by atoms with Gasteiger partial charge in [0.05, 0.1) is 11.0 Å². The van der Waals surface area contributed by atoms with Crippen molar-refractivity contribution < 1.29 is 14.3 Å². The molecule has 1 amide bonds. The van der Waals surface area contributed by atoms with Crippen LogP contribution in [0.1, 0.15) is 0 Å². The molecule has 0 spiro atoms. The van der Waals surface area contributed by atoms with E-state index < -0.39 is 0 Å². The molecule has 0 aliphatic carbocycles. The summed E-state index contributed by atoms with van der Waals surface area (Å²) in [6, 6.07) is 12.0. The SMILES string of the molecule is O=C1NCC(COc2ccc3ccccc3c2Br)O1. The van der Waals surface area contributed by atoms with Crippen LogP contribution in [0.5, 0.6) is 5.75 Å². The normalized spacial score (nSPS) is 18.2. The van der Waals surface area contributed by atoms with Crippen LogP contribution in [0.3, 0.4) is 0 Å². The molecule has 0 saturated carbocycles. The average molecular weight is 322 g/mol. The zero-order valence-electron chi connectivity index (χ0n) is 10.1. The van der Waals surface area contributed by atoms with Gasteiger partial charge in [-0.15, -0.1) is 0 Å². The van der Waals surface area contributed by atoms with E-state index in [2.05, 4.69) is 21.2 Å². The molecule has 4 nitrogen and oxygen atoms in total. The van der Waals surface area contributed by atoms with E-state index in [1.165, 1.54) is 0 Å². The number of halogens is 1. The minimum atomic E-state index is -0.383. The van der Waals surface area contributed by atoms with Gasteiger partial charge in [0.25, 0.3) is 0 Å². The molecule has 1 unspecified atom stereocenters. The monoisotopic (exact) mass is 321 g/mol. The third-order valence-corrected chi connectivity index (χ3v) is 3.82. The van der Waals surface area contributed by atoms with Crippen molar-refractivity contribution >= 4 is 32.8 Å². The first-order valence-corrected chi connectivity index (χ1v) is 6.78. The smallest absolute Gasteiger partial charge is 0.407 e. The highest BCUT2D eigenvalue weighted by Gasteiger charge is 2.23. The van der Waals surface area contributed by atoms with Gasteiger partial charge in [-0.1, -0.05) is 30.3 Å². The maximum Gasteiger partial charge on any atom is 0.407 e. The second kappa shape index (κ2) is 5.09. The third-order valence-electron chi connectivity index (χ3n) is 3.00. The van der Waals surface area contributed by atoms with Gasteiger partial charge in [-0.2, -0.15) is 0 Å². The van der Waals surface area contributed by atoms with Gasteiger partial charge in [-0.25, -0.2) is 4.79 Å². The molecular formula is C14H12BrNO3. The van der Waals surface area contributed by atoms with Crippen molar-refractivity contribution in [1.29, 1.82) is 0 Å². The number of carbonyl (C=O) groups is 1. The highest BCUT2D eigenvalue weighted by Crippen LogP contribution is 2.33. The second-order valence-electron chi connectivity index (χ2n) is 4.32. The summed E-state index contributed by atoms with van der Waals surface area (Å²) in [7, 11) is 0. The van der Waals surface area contributed by atoms with Crippen LogP contribution >= 0.6 is 15.9 Å². The molecule has 3 rings (SSSR count). The van der Waals surface area contributed by atoms with E-state index in [9.17, 15) is 4.79 Å². The number of nitrogens with one attached hydrogen (secondary N) is 1. The first kappa shape index (κ1) is 12.3. The molecule has 0 aromatic heterocycles. The van der Waals surface area contributed by atoms with Crippen molar-refractivity contribution in [1.82, 2.24) is 5.32 Å². The van der Waals surface area contributed by atoms with Gasteiger partial charge in [0, 0.05) is 0 Å². The largest absolute Gasteiger partial charge is 0.488 e. The molecule has 19 heavy (non-hydrogen) atoms. The minimum absolute atomic E-state index is 0.231. The molecule has 1 saturated heterocycles. The molecule has 1 fully saturated rings. The highest BCUT2D eigenvalue weighted by molar-refractivity contribution is 9.10. The summed E-state index contributed by atoms with van der Waals surface area (Å²) < 4.78 is 11.7. The van der Waals surface area contributed by atoms with Gasteiger partial charge in [0.1, 0.15) is 12.4 Å². The fraction of sp³-hybridized carbons (Fsp3) is 0.214. The van der Waals surface area contributed by atoms with E-state index in [0.29, 0.717) is 13.2 Å². The molecule has 5 heteroatoms. The van der Waals surface area contributed by atoms with E-state index >= 15 is 0 Å². The Kier molecular flexibility index (Phi) is 3.29. The Balaban J connectivity index is 1.77. The number of rotatable bonds is 3. The average Bonchev–Trinajstić information content (AvgIpc) is 2.84. The topological polar surface area (TPSA) is 47.6 Å². The van der Waals surface area contributed by atoms with Crippen LogP contribution in [0, 0.1) is 0 Å². The summed E-state index contributed by atoms with van der Waals surface area (Å²) in [5.74, 6) is 0.752. The number of benzene rings is 2. The standard InChI is InChI=1S/C14H12BrNO3/c15-13-11-4-2-1-3-9(11)5-6-12(13)18-8-10-7-16-14(17)19-10/h1-6,10H,7-8H2,(H,16,17). The number of ether oxygens (including phenoxy) is 2. The summed E-state index contributed by atoms with van der Waals surface area (Å²) in [5.41, 5.74) is 0. The Morgan fingerprint density at radius 2 is 2.16 bits per heavy atom. The molecule has 1 aliphatic rings. The molecule has 1 atom stereocenters. The third kappa shape index (κ3) is 2.51. The molecule has 1 heterocycles. The van der Waals surface area contributed by atoms with Crippen LogP contribution < -0.4 is 10.1 Å². The second-order valence-corrected chi connectivity index (χ2v) is 5.11. The van der Waals surface area contributed by atoms with Crippen LogP contribution in [-0.2, 0) is 4.74 Å². The Bertz CT molecular complexity index is 629. The van der Waals surface area contributed by atoms with Crippen LogP contribution in [-0.4, -0.2) is 25.3 Å². The van der Waals surface area contributed by atoms with Crippen LogP contribution in [0.2, 0.25) is 0 Å². The fourth-order valence-corrected chi connectivity index (χ4v) is 2.64. The molecule has 0 radical (unpaired) electrons. The first-order chi connectivity index (χ1) is 9.24. The Morgan fingerprint density at radius 3 is 2.95 bits per heavy atom. The van der Waals surface area contributed by atoms with Gasteiger partial charge in [-0.3, -0.25) is 0 Å². The lowest BCUT2D eigenvalue weighted by Gasteiger charge is -2.12. The first-order valence-electron chi connectivity index (χ1n) is 5.98. The zero-order valence-corrected chi connectivity index (χ0v) is 11.6. The van der Waals surface area contributed by atoms with Crippen molar-refractivity contribution in [2.75, 3.05) is 13.2 Å². The van der Waals surface area contributed by atoms with E-state index in [1.807, 2.05) is 36.4 Å². The van der Waals surface area contributed by atoms with Crippen LogP contribution in [0.25, 0.3) is 10.8 Å². The Hall–Kier alpha value is -1.75. The molecule has 1 N–H and O–H groups in total. The number of fused-ring (bicyclic) bond motifs is 1. The molecule has 1 aliphatic heterocycles. The zero-order chi connectivity index (χ0) is 13.2. The van der Waals surface area contributed by atoms with Gasteiger partial charge in [-0.05, 0) is 32.8 Å². The maximum atomic E-state index is 10.9. The number of hydrogen-bond donors (Lipinski definition) is 1. The van der Waals surface area contributed by atoms with E-state index in [0.717, 1.165) is 21.0 Å². The lowest BCUT2D eigenvalue weighted by Crippen LogP contribution is -2.22. The quantitative estimate of drug-likeness (QED) is 0.945. The predicted molar refractivity (Wildman–Crippen MR) is 75.4 cm³/mol. The lowest BCUT2D eigenvalue weighted by atomic mass is 10.1. The van der Waals surface area contributed by atoms with Gasteiger partial charge in [0.2, 0.25) is 0 Å². The number of amides is 1. The minimum Gasteiger partial charge on any atom is -0.488 e. The predicted octanol–water partition coefficient (Wildman–Crippen LogP) is 3.09. The molecule has 0 bridgehead atoms. The molecular weight excluding hydrogens is 310 g/mol. The molecule has 2 aromatic rings.